The molecule has 1 unspecified atom stereocenters. The van der Waals surface area contributed by atoms with Crippen LogP contribution in [0.5, 0.6) is 0 Å². The van der Waals surface area contributed by atoms with Crippen molar-refractivity contribution >= 4 is 37.8 Å². The van der Waals surface area contributed by atoms with Crippen LogP contribution >= 0.6 is 31.9 Å². The van der Waals surface area contributed by atoms with Crippen molar-refractivity contribution in [3.8, 4) is 11.4 Å². The zero-order chi connectivity index (χ0) is 14.8. The van der Waals surface area contributed by atoms with Gasteiger partial charge in [-0.3, -0.25) is 5.10 Å². The molecule has 1 atom stereocenters. The second-order valence-corrected chi connectivity index (χ2v) is 7.16. The summed E-state index contributed by atoms with van der Waals surface area (Å²) < 4.78 is 2.01. The number of rotatable bonds is 3. The lowest BCUT2D eigenvalue weighted by Gasteiger charge is -2.31. The van der Waals surface area contributed by atoms with Crippen molar-refractivity contribution in [3.05, 3.63) is 27.1 Å². The molecule has 2 heterocycles. The highest BCUT2D eigenvalue weighted by molar-refractivity contribution is 9.11. The Kier molecular flexibility index (Phi) is 4.61. The Morgan fingerprint density at radius 2 is 2.05 bits per heavy atom. The minimum atomic E-state index is 0.542. The number of hydrogen-bond acceptors (Lipinski definition) is 4. The van der Waals surface area contributed by atoms with Crippen LogP contribution in [0.25, 0.3) is 11.4 Å². The van der Waals surface area contributed by atoms with Gasteiger partial charge in [-0.25, -0.2) is 0 Å². The Hall–Kier alpha value is -0.920. The fraction of sp³-hybridized carbons (Fsp3) is 0.429. The van der Waals surface area contributed by atoms with Crippen molar-refractivity contribution in [2.24, 2.45) is 11.7 Å². The van der Waals surface area contributed by atoms with Gasteiger partial charge in [0.2, 0.25) is 5.95 Å². The molecular weight excluding hydrogens is 398 g/mol. The van der Waals surface area contributed by atoms with Gasteiger partial charge in [-0.2, -0.15) is 4.98 Å². The van der Waals surface area contributed by atoms with Crippen LogP contribution < -0.4 is 10.6 Å². The van der Waals surface area contributed by atoms with Gasteiger partial charge in [0, 0.05) is 27.6 Å². The Labute approximate surface area is 140 Å². The molecule has 3 rings (SSSR count). The third-order valence-corrected chi connectivity index (χ3v) is 4.66. The summed E-state index contributed by atoms with van der Waals surface area (Å²) in [5, 5.41) is 7.39. The van der Waals surface area contributed by atoms with Crippen LogP contribution in [-0.2, 0) is 0 Å². The third-order valence-electron chi connectivity index (χ3n) is 3.74. The van der Waals surface area contributed by atoms with Gasteiger partial charge in [-0.1, -0.05) is 31.9 Å². The molecule has 1 aliphatic rings. The van der Waals surface area contributed by atoms with Crippen molar-refractivity contribution in [2.75, 3.05) is 24.5 Å². The number of benzene rings is 1. The predicted octanol–water partition coefficient (Wildman–Crippen LogP) is 3.17. The van der Waals surface area contributed by atoms with Crippen LogP contribution in [0.15, 0.2) is 27.1 Å². The monoisotopic (exact) mass is 413 g/mol. The molecular formula is C14H17Br2N5. The molecule has 1 fully saturated rings. The summed E-state index contributed by atoms with van der Waals surface area (Å²) in [4.78, 5) is 6.85. The highest BCUT2D eigenvalue weighted by atomic mass is 79.9. The molecule has 0 aliphatic carbocycles. The number of aromatic amines is 1. The summed E-state index contributed by atoms with van der Waals surface area (Å²) in [5.41, 5.74) is 6.79. The standard InChI is InChI=1S/C14H17Br2N5/c15-11-4-10(5-12(16)6-11)13-18-14(20-19-13)21-3-1-2-9(7-17)8-21/h4-6,9H,1-3,7-8,17H2,(H,18,19,20). The first kappa shape index (κ1) is 15.0. The molecule has 0 saturated carbocycles. The molecule has 1 aromatic carbocycles. The van der Waals surface area contributed by atoms with Gasteiger partial charge in [0.25, 0.3) is 0 Å². The minimum Gasteiger partial charge on any atom is -0.339 e. The SMILES string of the molecule is NCC1CCCN(c2n[nH]c(-c3cc(Br)cc(Br)c3)n2)C1. The van der Waals surface area contributed by atoms with Gasteiger partial charge in [0.05, 0.1) is 0 Å². The van der Waals surface area contributed by atoms with E-state index in [1.807, 2.05) is 18.2 Å². The molecule has 0 spiro atoms. The van der Waals surface area contributed by atoms with E-state index < -0.39 is 0 Å². The lowest BCUT2D eigenvalue weighted by atomic mass is 9.99. The van der Waals surface area contributed by atoms with Crippen molar-refractivity contribution in [1.82, 2.24) is 15.2 Å². The van der Waals surface area contributed by atoms with Gasteiger partial charge in [0.15, 0.2) is 5.82 Å². The average molecular weight is 415 g/mol. The number of halogens is 2. The summed E-state index contributed by atoms with van der Waals surface area (Å²) in [7, 11) is 0. The molecule has 0 radical (unpaired) electrons. The molecule has 0 amide bonds. The van der Waals surface area contributed by atoms with Crippen LogP contribution in [0.2, 0.25) is 0 Å². The largest absolute Gasteiger partial charge is 0.339 e. The first-order valence-corrected chi connectivity index (χ1v) is 8.58. The van der Waals surface area contributed by atoms with Crippen LogP contribution in [0.4, 0.5) is 5.95 Å². The van der Waals surface area contributed by atoms with E-state index in [9.17, 15) is 0 Å². The predicted molar refractivity (Wildman–Crippen MR) is 91.2 cm³/mol. The Morgan fingerprint density at radius 3 is 2.76 bits per heavy atom. The molecule has 1 aliphatic heterocycles. The van der Waals surface area contributed by atoms with Crippen LogP contribution in [0.3, 0.4) is 0 Å². The molecule has 3 N–H and O–H groups in total. The van der Waals surface area contributed by atoms with Crippen LogP contribution in [0, 0.1) is 5.92 Å². The minimum absolute atomic E-state index is 0.542. The number of hydrogen-bond donors (Lipinski definition) is 2. The van der Waals surface area contributed by atoms with Gasteiger partial charge >= 0.3 is 0 Å². The third kappa shape index (κ3) is 3.46. The van der Waals surface area contributed by atoms with Crippen LogP contribution in [0.1, 0.15) is 12.8 Å². The Balaban J connectivity index is 1.82. The smallest absolute Gasteiger partial charge is 0.245 e. The van der Waals surface area contributed by atoms with Crippen molar-refractivity contribution < 1.29 is 0 Å². The van der Waals surface area contributed by atoms with Gasteiger partial charge in [0.1, 0.15) is 0 Å². The molecule has 7 heteroatoms. The number of aromatic nitrogens is 3. The second kappa shape index (κ2) is 6.46. The number of nitrogens with two attached hydrogens (primary N) is 1. The lowest BCUT2D eigenvalue weighted by molar-refractivity contribution is 0.420. The zero-order valence-electron chi connectivity index (χ0n) is 11.5. The first-order chi connectivity index (χ1) is 10.2. The topological polar surface area (TPSA) is 70.8 Å². The molecule has 0 bridgehead atoms. The van der Waals surface area contributed by atoms with Gasteiger partial charge in [-0.15, -0.1) is 5.10 Å². The quantitative estimate of drug-likeness (QED) is 0.808. The highest BCUT2D eigenvalue weighted by Gasteiger charge is 2.22. The van der Waals surface area contributed by atoms with E-state index in [1.54, 1.807) is 0 Å². The number of piperidine rings is 1. The molecule has 21 heavy (non-hydrogen) atoms. The Bertz CT molecular complexity index is 607. The normalized spacial score (nSPS) is 19.0. The fourth-order valence-corrected chi connectivity index (χ4v) is 3.95. The number of anilines is 1. The second-order valence-electron chi connectivity index (χ2n) is 5.33. The summed E-state index contributed by atoms with van der Waals surface area (Å²) >= 11 is 6.99. The van der Waals surface area contributed by atoms with E-state index in [-0.39, 0.29) is 0 Å². The van der Waals surface area contributed by atoms with E-state index in [0.717, 1.165) is 52.3 Å². The van der Waals surface area contributed by atoms with Gasteiger partial charge < -0.3 is 10.6 Å². The maximum Gasteiger partial charge on any atom is 0.245 e. The molecule has 2 aromatic rings. The number of nitrogens with one attached hydrogen (secondary N) is 1. The van der Waals surface area contributed by atoms with Crippen molar-refractivity contribution in [1.29, 1.82) is 0 Å². The number of H-pyrrole nitrogens is 1. The lowest BCUT2D eigenvalue weighted by Crippen LogP contribution is -2.38. The maximum atomic E-state index is 5.79. The molecule has 112 valence electrons. The summed E-state index contributed by atoms with van der Waals surface area (Å²) in [6.45, 7) is 2.66. The number of nitrogens with zero attached hydrogens (tertiary/aromatic N) is 3. The zero-order valence-corrected chi connectivity index (χ0v) is 14.7. The molecule has 1 aromatic heterocycles. The Morgan fingerprint density at radius 1 is 1.29 bits per heavy atom. The molecule has 1 saturated heterocycles. The maximum absolute atomic E-state index is 5.79. The van der Waals surface area contributed by atoms with E-state index in [4.69, 9.17) is 5.73 Å². The average Bonchev–Trinajstić information content (AvgIpc) is 2.96. The summed E-state index contributed by atoms with van der Waals surface area (Å²) in [6.07, 6.45) is 2.34. The van der Waals surface area contributed by atoms with Crippen molar-refractivity contribution in [2.45, 2.75) is 12.8 Å². The molecule has 5 nitrogen and oxygen atoms in total. The van der Waals surface area contributed by atoms with E-state index in [0.29, 0.717) is 5.92 Å². The van der Waals surface area contributed by atoms with E-state index >= 15 is 0 Å². The van der Waals surface area contributed by atoms with E-state index in [1.165, 1.54) is 6.42 Å². The summed E-state index contributed by atoms with van der Waals surface area (Å²) in [6, 6.07) is 6.04. The first-order valence-electron chi connectivity index (χ1n) is 6.99. The van der Waals surface area contributed by atoms with Crippen LogP contribution in [-0.4, -0.2) is 34.8 Å². The fourth-order valence-electron chi connectivity index (χ4n) is 2.65. The van der Waals surface area contributed by atoms with Crippen molar-refractivity contribution in [3.63, 3.8) is 0 Å². The summed E-state index contributed by atoms with van der Waals surface area (Å²) in [5.74, 6) is 2.09. The van der Waals surface area contributed by atoms with Gasteiger partial charge in [-0.05, 0) is 43.5 Å². The van der Waals surface area contributed by atoms with E-state index in [2.05, 4.69) is 51.9 Å². The highest BCUT2D eigenvalue weighted by Crippen LogP contribution is 2.27.